The van der Waals surface area contributed by atoms with E-state index < -0.39 is 0 Å². The number of hydrogen-bond acceptors (Lipinski definition) is 1. The Hall–Kier alpha value is -1.80. The predicted octanol–water partition coefficient (Wildman–Crippen LogP) is 2.54. The molecule has 12 heavy (non-hydrogen) atoms. The molecule has 0 aliphatic rings. The van der Waals surface area contributed by atoms with Crippen molar-refractivity contribution in [3.63, 3.8) is 0 Å². The van der Waals surface area contributed by atoms with Gasteiger partial charge >= 0.3 is 0 Å². The average Bonchev–Trinajstić information content (AvgIpc) is 2.17. The Balaban J connectivity index is 2.96. The van der Waals surface area contributed by atoms with Gasteiger partial charge in [-0.3, -0.25) is 0 Å². The summed E-state index contributed by atoms with van der Waals surface area (Å²) in [5.41, 5.74) is 1.60. The molecule has 0 heterocycles. The van der Waals surface area contributed by atoms with E-state index in [0.29, 0.717) is 5.56 Å². The lowest BCUT2D eigenvalue weighted by Crippen LogP contribution is -1.86. The first-order valence-corrected chi connectivity index (χ1v) is 3.64. The van der Waals surface area contributed by atoms with E-state index in [9.17, 15) is 0 Å². The standard InChI is InChI=1S/C10H8N2/c1-8(12-2)10-5-3-9(7-11)4-6-10/h3-6,8H,1H3. The third-order valence-corrected chi connectivity index (χ3v) is 1.72. The van der Waals surface area contributed by atoms with Crippen LogP contribution in [0.1, 0.15) is 24.1 Å². The van der Waals surface area contributed by atoms with Crippen molar-refractivity contribution in [2.45, 2.75) is 13.0 Å². The van der Waals surface area contributed by atoms with Gasteiger partial charge < -0.3 is 4.85 Å². The quantitative estimate of drug-likeness (QED) is 0.574. The van der Waals surface area contributed by atoms with E-state index in [2.05, 4.69) is 4.85 Å². The zero-order valence-electron chi connectivity index (χ0n) is 6.78. The van der Waals surface area contributed by atoms with Crippen LogP contribution in [0.15, 0.2) is 24.3 Å². The highest BCUT2D eigenvalue weighted by Gasteiger charge is 2.06. The molecule has 0 N–H and O–H groups in total. The molecule has 1 aromatic rings. The largest absolute Gasteiger partial charge is 0.309 e. The Morgan fingerprint density at radius 3 is 2.42 bits per heavy atom. The molecular weight excluding hydrogens is 148 g/mol. The summed E-state index contributed by atoms with van der Waals surface area (Å²) in [7, 11) is 0. The van der Waals surface area contributed by atoms with Crippen LogP contribution in [0.2, 0.25) is 0 Å². The van der Waals surface area contributed by atoms with Crippen LogP contribution in [0.5, 0.6) is 0 Å². The van der Waals surface area contributed by atoms with Crippen molar-refractivity contribution in [1.82, 2.24) is 0 Å². The van der Waals surface area contributed by atoms with Gasteiger partial charge in [0.05, 0.1) is 11.6 Å². The lowest BCUT2D eigenvalue weighted by Gasteiger charge is -1.97. The molecule has 0 spiro atoms. The SMILES string of the molecule is [C-]#[N+]C(C)c1ccc(C#N)cc1. The fourth-order valence-electron chi connectivity index (χ4n) is 0.911. The number of nitrogens with zero attached hydrogens (tertiary/aromatic N) is 2. The van der Waals surface area contributed by atoms with Crippen molar-refractivity contribution >= 4 is 0 Å². The third kappa shape index (κ3) is 1.62. The van der Waals surface area contributed by atoms with Crippen molar-refractivity contribution < 1.29 is 0 Å². The average molecular weight is 156 g/mol. The minimum absolute atomic E-state index is 0.113. The first-order chi connectivity index (χ1) is 5.77. The summed E-state index contributed by atoms with van der Waals surface area (Å²) in [5, 5.41) is 8.51. The Bertz CT molecular complexity index is 338. The Morgan fingerprint density at radius 1 is 1.42 bits per heavy atom. The maximum absolute atomic E-state index is 8.51. The number of rotatable bonds is 1. The zero-order valence-corrected chi connectivity index (χ0v) is 6.78. The lowest BCUT2D eigenvalue weighted by atomic mass is 10.1. The van der Waals surface area contributed by atoms with Crippen LogP contribution in [0.3, 0.4) is 0 Å². The summed E-state index contributed by atoms with van der Waals surface area (Å²) in [5.74, 6) is 0. The Kier molecular flexibility index (Phi) is 2.46. The molecule has 58 valence electrons. The third-order valence-electron chi connectivity index (χ3n) is 1.72. The molecule has 1 unspecified atom stereocenters. The van der Waals surface area contributed by atoms with Gasteiger partial charge in [-0.1, -0.05) is 0 Å². The molecule has 0 bridgehead atoms. The van der Waals surface area contributed by atoms with Crippen LogP contribution >= 0.6 is 0 Å². The molecule has 0 amide bonds. The second-order valence-corrected chi connectivity index (χ2v) is 2.54. The summed E-state index contributed by atoms with van der Waals surface area (Å²) in [6, 6.07) is 9.03. The second kappa shape index (κ2) is 3.55. The summed E-state index contributed by atoms with van der Waals surface area (Å²) in [6.45, 7) is 8.65. The minimum atomic E-state index is -0.113. The fourth-order valence-corrected chi connectivity index (χ4v) is 0.911. The summed E-state index contributed by atoms with van der Waals surface area (Å²) < 4.78 is 0. The molecular formula is C10H8N2. The van der Waals surface area contributed by atoms with E-state index >= 15 is 0 Å². The number of benzene rings is 1. The van der Waals surface area contributed by atoms with Crippen molar-refractivity contribution in [3.8, 4) is 6.07 Å². The Morgan fingerprint density at radius 2 is 2.00 bits per heavy atom. The molecule has 0 saturated carbocycles. The van der Waals surface area contributed by atoms with Gasteiger partial charge in [0.15, 0.2) is 0 Å². The molecule has 1 aromatic carbocycles. The summed E-state index contributed by atoms with van der Waals surface area (Å²) in [6.07, 6.45) is 0. The van der Waals surface area contributed by atoms with Crippen molar-refractivity contribution in [2.75, 3.05) is 0 Å². The van der Waals surface area contributed by atoms with Crippen LogP contribution < -0.4 is 0 Å². The minimum Gasteiger partial charge on any atom is -0.309 e. The topological polar surface area (TPSA) is 28.1 Å². The molecule has 0 aromatic heterocycles. The zero-order chi connectivity index (χ0) is 8.97. The van der Waals surface area contributed by atoms with Crippen molar-refractivity contribution in [2.24, 2.45) is 0 Å². The normalized spacial score (nSPS) is 11.2. The van der Waals surface area contributed by atoms with Crippen LogP contribution in [-0.2, 0) is 0 Å². The van der Waals surface area contributed by atoms with Gasteiger partial charge in [0.1, 0.15) is 0 Å². The smallest absolute Gasteiger partial charge is 0.245 e. The summed E-state index contributed by atoms with van der Waals surface area (Å²) >= 11 is 0. The number of nitriles is 1. The maximum atomic E-state index is 8.51. The van der Waals surface area contributed by atoms with Crippen LogP contribution in [0, 0.1) is 17.9 Å². The van der Waals surface area contributed by atoms with Crippen molar-refractivity contribution in [3.05, 3.63) is 46.8 Å². The van der Waals surface area contributed by atoms with Gasteiger partial charge in [0, 0.05) is 12.5 Å². The Labute approximate surface area is 71.9 Å². The van der Waals surface area contributed by atoms with Crippen LogP contribution in [0.4, 0.5) is 0 Å². The summed E-state index contributed by atoms with van der Waals surface area (Å²) in [4.78, 5) is 3.38. The first-order valence-electron chi connectivity index (χ1n) is 3.64. The molecule has 0 aliphatic heterocycles. The molecule has 2 nitrogen and oxygen atoms in total. The highest BCUT2D eigenvalue weighted by molar-refractivity contribution is 5.33. The van der Waals surface area contributed by atoms with Gasteiger partial charge in [-0.25, -0.2) is 6.57 Å². The number of hydrogen-bond donors (Lipinski definition) is 0. The fraction of sp³-hybridized carbons (Fsp3) is 0.200. The molecule has 0 radical (unpaired) electrons. The predicted molar refractivity (Wildman–Crippen MR) is 46.2 cm³/mol. The van der Waals surface area contributed by atoms with Gasteiger partial charge in [0.2, 0.25) is 6.04 Å². The van der Waals surface area contributed by atoms with E-state index in [1.807, 2.05) is 25.1 Å². The first kappa shape index (κ1) is 8.30. The second-order valence-electron chi connectivity index (χ2n) is 2.54. The molecule has 0 saturated heterocycles. The van der Waals surface area contributed by atoms with Crippen LogP contribution in [-0.4, -0.2) is 0 Å². The van der Waals surface area contributed by atoms with E-state index in [1.54, 1.807) is 12.1 Å². The van der Waals surface area contributed by atoms with Gasteiger partial charge in [-0.05, 0) is 24.3 Å². The van der Waals surface area contributed by atoms with Gasteiger partial charge in [-0.15, -0.1) is 0 Å². The highest BCUT2D eigenvalue weighted by Crippen LogP contribution is 2.16. The molecule has 1 atom stereocenters. The van der Waals surface area contributed by atoms with Crippen molar-refractivity contribution in [1.29, 1.82) is 5.26 Å². The molecule has 0 fully saturated rings. The monoisotopic (exact) mass is 156 g/mol. The highest BCUT2D eigenvalue weighted by atomic mass is 14.7. The lowest BCUT2D eigenvalue weighted by molar-refractivity contribution is 0.961. The molecule has 1 rings (SSSR count). The molecule has 2 heteroatoms. The van der Waals surface area contributed by atoms with E-state index in [1.165, 1.54) is 0 Å². The van der Waals surface area contributed by atoms with Gasteiger partial charge in [-0.2, -0.15) is 5.26 Å². The molecule has 0 aliphatic carbocycles. The van der Waals surface area contributed by atoms with E-state index in [4.69, 9.17) is 11.8 Å². The van der Waals surface area contributed by atoms with E-state index in [-0.39, 0.29) is 6.04 Å². The van der Waals surface area contributed by atoms with E-state index in [0.717, 1.165) is 5.56 Å². The van der Waals surface area contributed by atoms with Gasteiger partial charge in [0.25, 0.3) is 0 Å². The van der Waals surface area contributed by atoms with Crippen LogP contribution in [0.25, 0.3) is 4.85 Å². The maximum Gasteiger partial charge on any atom is 0.245 e.